The molecule has 0 heterocycles. The van der Waals surface area contributed by atoms with Crippen molar-refractivity contribution in [1.29, 1.82) is 0 Å². The summed E-state index contributed by atoms with van der Waals surface area (Å²) in [5.74, 6) is -1.67. The molecule has 3 aromatic carbocycles. The number of hydrogen-bond acceptors (Lipinski definition) is 7. The van der Waals surface area contributed by atoms with Gasteiger partial charge in [0.25, 0.3) is 0 Å². The van der Waals surface area contributed by atoms with E-state index in [1.807, 2.05) is 6.07 Å². The highest BCUT2D eigenvalue weighted by Crippen LogP contribution is 2.44. The van der Waals surface area contributed by atoms with Crippen LogP contribution in [0.3, 0.4) is 0 Å². The summed E-state index contributed by atoms with van der Waals surface area (Å²) in [5, 5.41) is 20.1. The number of nitrogens with two attached hydrogens (primary N) is 2. The highest BCUT2D eigenvalue weighted by atomic mass is 16.5. The normalized spacial score (nSPS) is 12.4. The molecule has 27 heavy (non-hydrogen) atoms. The first-order valence-corrected chi connectivity index (χ1v) is 7.99. The third kappa shape index (κ3) is 2.36. The first-order chi connectivity index (χ1) is 12.9. The SMILES string of the molecule is Nc1cc(Oc2ccccc2)c(N)c2c1C(=O)c1c(O)ccc(O)c1C2=O. The van der Waals surface area contributed by atoms with Crippen LogP contribution in [0.2, 0.25) is 0 Å². The Bertz CT molecular complexity index is 1120. The van der Waals surface area contributed by atoms with Crippen molar-refractivity contribution in [3.05, 3.63) is 70.8 Å². The van der Waals surface area contributed by atoms with Gasteiger partial charge in [-0.15, -0.1) is 0 Å². The Labute approximate surface area is 153 Å². The fourth-order valence-electron chi connectivity index (χ4n) is 3.16. The number of aromatic hydroxyl groups is 2. The Morgan fingerprint density at radius 3 is 1.89 bits per heavy atom. The average molecular weight is 362 g/mol. The zero-order chi connectivity index (χ0) is 19.3. The second-order valence-electron chi connectivity index (χ2n) is 6.05. The van der Waals surface area contributed by atoms with E-state index in [1.165, 1.54) is 6.07 Å². The van der Waals surface area contributed by atoms with Gasteiger partial charge in [-0.2, -0.15) is 0 Å². The summed E-state index contributed by atoms with van der Waals surface area (Å²) in [4.78, 5) is 25.9. The van der Waals surface area contributed by atoms with Crippen molar-refractivity contribution in [2.45, 2.75) is 0 Å². The Morgan fingerprint density at radius 2 is 1.30 bits per heavy atom. The van der Waals surface area contributed by atoms with Crippen molar-refractivity contribution in [3.63, 3.8) is 0 Å². The molecule has 0 fully saturated rings. The fourth-order valence-corrected chi connectivity index (χ4v) is 3.16. The Hall–Kier alpha value is -4.00. The number of ether oxygens (including phenoxy) is 1. The van der Waals surface area contributed by atoms with Crippen LogP contribution in [0.25, 0.3) is 0 Å². The molecule has 134 valence electrons. The van der Waals surface area contributed by atoms with Crippen LogP contribution in [0.1, 0.15) is 31.8 Å². The van der Waals surface area contributed by atoms with Crippen LogP contribution >= 0.6 is 0 Å². The molecule has 3 aromatic rings. The number of benzene rings is 3. The summed E-state index contributed by atoms with van der Waals surface area (Å²) < 4.78 is 5.70. The summed E-state index contributed by atoms with van der Waals surface area (Å²) in [6.07, 6.45) is 0. The second-order valence-corrected chi connectivity index (χ2v) is 6.05. The van der Waals surface area contributed by atoms with E-state index in [-0.39, 0.29) is 39.4 Å². The highest BCUT2D eigenvalue weighted by Gasteiger charge is 2.38. The molecule has 0 bridgehead atoms. The lowest BCUT2D eigenvalue weighted by atomic mass is 9.81. The predicted molar refractivity (Wildman–Crippen MR) is 98.4 cm³/mol. The Balaban J connectivity index is 1.94. The number of phenols is 2. The fraction of sp³-hybridized carbons (Fsp3) is 0. The molecule has 0 unspecified atom stereocenters. The van der Waals surface area contributed by atoms with Crippen LogP contribution in [0.15, 0.2) is 48.5 Å². The molecule has 0 saturated heterocycles. The molecule has 1 aliphatic carbocycles. The molecular weight excluding hydrogens is 348 g/mol. The van der Waals surface area contributed by atoms with Crippen molar-refractivity contribution in [2.75, 3.05) is 11.5 Å². The van der Waals surface area contributed by atoms with Crippen molar-refractivity contribution >= 4 is 22.9 Å². The number of carbonyl (C=O) groups excluding carboxylic acids is 2. The van der Waals surface area contributed by atoms with Crippen molar-refractivity contribution in [3.8, 4) is 23.0 Å². The quantitative estimate of drug-likeness (QED) is 0.318. The third-order valence-corrected chi connectivity index (χ3v) is 4.40. The van der Waals surface area contributed by atoms with Gasteiger partial charge in [-0.3, -0.25) is 9.59 Å². The van der Waals surface area contributed by atoms with E-state index >= 15 is 0 Å². The number of fused-ring (bicyclic) bond motifs is 2. The number of ketones is 2. The molecule has 6 N–H and O–H groups in total. The monoisotopic (exact) mass is 362 g/mol. The maximum absolute atomic E-state index is 13.0. The molecule has 7 heteroatoms. The molecule has 0 aromatic heterocycles. The van der Waals surface area contributed by atoms with E-state index in [9.17, 15) is 19.8 Å². The average Bonchev–Trinajstić information content (AvgIpc) is 2.65. The minimum atomic E-state index is -0.712. The largest absolute Gasteiger partial charge is 0.507 e. The number of hydrogen-bond donors (Lipinski definition) is 4. The van der Waals surface area contributed by atoms with E-state index in [0.717, 1.165) is 12.1 Å². The van der Waals surface area contributed by atoms with Crippen molar-refractivity contribution in [2.24, 2.45) is 0 Å². The molecule has 1 aliphatic rings. The van der Waals surface area contributed by atoms with Gasteiger partial charge in [-0.25, -0.2) is 0 Å². The number of nitrogen functional groups attached to an aromatic ring is 2. The van der Waals surface area contributed by atoms with Crippen LogP contribution in [0.5, 0.6) is 23.0 Å². The maximum atomic E-state index is 13.0. The van der Waals surface area contributed by atoms with E-state index in [0.29, 0.717) is 5.75 Å². The van der Waals surface area contributed by atoms with E-state index in [2.05, 4.69) is 0 Å². The molecule has 4 rings (SSSR count). The van der Waals surface area contributed by atoms with Gasteiger partial charge in [0.15, 0.2) is 5.75 Å². The summed E-state index contributed by atoms with van der Waals surface area (Å²) in [6, 6.07) is 12.4. The topological polar surface area (TPSA) is 136 Å². The summed E-state index contributed by atoms with van der Waals surface area (Å²) >= 11 is 0. The number of phenolic OH excluding ortho intramolecular Hbond substituents is 2. The summed E-state index contributed by atoms with van der Waals surface area (Å²) in [7, 11) is 0. The van der Waals surface area contributed by atoms with Crippen LogP contribution in [0, 0.1) is 0 Å². The summed E-state index contributed by atoms with van der Waals surface area (Å²) in [5.41, 5.74) is 11.2. The van der Waals surface area contributed by atoms with Gasteiger partial charge in [0.1, 0.15) is 17.2 Å². The Morgan fingerprint density at radius 1 is 0.741 bits per heavy atom. The zero-order valence-corrected chi connectivity index (χ0v) is 13.9. The van der Waals surface area contributed by atoms with Gasteiger partial charge in [-0.05, 0) is 24.3 Å². The zero-order valence-electron chi connectivity index (χ0n) is 13.9. The van der Waals surface area contributed by atoms with Gasteiger partial charge in [0, 0.05) is 11.8 Å². The number of carbonyl (C=O) groups is 2. The molecular formula is C20H14N2O5. The van der Waals surface area contributed by atoms with Gasteiger partial charge in [0.05, 0.1) is 27.9 Å². The summed E-state index contributed by atoms with van der Waals surface area (Å²) in [6.45, 7) is 0. The lowest BCUT2D eigenvalue weighted by Crippen LogP contribution is -2.24. The minimum Gasteiger partial charge on any atom is -0.507 e. The van der Waals surface area contributed by atoms with Crippen molar-refractivity contribution < 1.29 is 24.5 Å². The molecule has 0 atom stereocenters. The van der Waals surface area contributed by atoms with Gasteiger partial charge >= 0.3 is 0 Å². The molecule has 0 amide bonds. The van der Waals surface area contributed by atoms with Crippen molar-refractivity contribution in [1.82, 2.24) is 0 Å². The van der Waals surface area contributed by atoms with Crippen LogP contribution in [0.4, 0.5) is 11.4 Å². The van der Waals surface area contributed by atoms with Crippen LogP contribution in [-0.4, -0.2) is 21.8 Å². The lowest BCUT2D eigenvalue weighted by molar-refractivity contribution is 0.0975. The first-order valence-electron chi connectivity index (χ1n) is 7.99. The van der Waals surface area contributed by atoms with Crippen LogP contribution in [-0.2, 0) is 0 Å². The second kappa shape index (κ2) is 5.77. The third-order valence-electron chi connectivity index (χ3n) is 4.40. The number of rotatable bonds is 2. The molecule has 7 nitrogen and oxygen atoms in total. The standard InChI is InChI=1S/C20H14N2O5/c21-10-8-13(27-9-4-2-1-3-5-9)18(22)17-14(10)19(25)15-11(23)6-7-12(24)16(15)20(17)26/h1-8,23-24H,21-22H2. The van der Waals surface area contributed by atoms with Gasteiger partial charge in [0.2, 0.25) is 11.6 Å². The highest BCUT2D eigenvalue weighted by molar-refractivity contribution is 6.33. The predicted octanol–water partition coefficient (Wildman–Crippen LogP) is 2.83. The Kier molecular flexibility index (Phi) is 3.52. The van der Waals surface area contributed by atoms with E-state index < -0.39 is 23.1 Å². The van der Waals surface area contributed by atoms with Crippen LogP contribution < -0.4 is 16.2 Å². The molecule has 0 spiro atoms. The number of anilines is 2. The van der Waals surface area contributed by atoms with Gasteiger partial charge < -0.3 is 26.4 Å². The molecule has 0 saturated carbocycles. The van der Waals surface area contributed by atoms with Gasteiger partial charge in [-0.1, -0.05) is 18.2 Å². The van der Waals surface area contributed by atoms with E-state index in [1.54, 1.807) is 24.3 Å². The van der Waals surface area contributed by atoms with E-state index in [4.69, 9.17) is 16.2 Å². The molecule has 0 radical (unpaired) electrons. The smallest absolute Gasteiger partial charge is 0.200 e. The minimum absolute atomic E-state index is 0.0168. The lowest BCUT2D eigenvalue weighted by Gasteiger charge is -2.23. The first kappa shape index (κ1) is 16.5. The maximum Gasteiger partial charge on any atom is 0.200 e. The molecule has 0 aliphatic heterocycles. The number of para-hydroxylation sites is 1.